The van der Waals surface area contributed by atoms with E-state index in [9.17, 15) is 9.50 Å². The third kappa shape index (κ3) is 2.21. The third-order valence-corrected chi connectivity index (χ3v) is 2.47. The summed E-state index contributed by atoms with van der Waals surface area (Å²) in [4.78, 5) is 3.80. The van der Waals surface area contributed by atoms with Gasteiger partial charge in [0.15, 0.2) is 0 Å². The Labute approximate surface area is 97.3 Å². The predicted octanol–water partition coefficient (Wildman–Crippen LogP) is 2.96. The summed E-state index contributed by atoms with van der Waals surface area (Å²) in [5, 5.41) is 10.2. The van der Waals surface area contributed by atoms with Gasteiger partial charge in [-0.1, -0.05) is 29.8 Å². The zero-order valence-corrected chi connectivity index (χ0v) is 9.03. The average Bonchev–Trinajstić information content (AvgIpc) is 2.29. The molecule has 1 aromatic heterocycles. The van der Waals surface area contributed by atoms with Gasteiger partial charge in [-0.15, -0.1) is 0 Å². The van der Waals surface area contributed by atoms with Crippen LogP contribution in [-0.4, -0.2) is 10.1 Å². The zero-order valence-electron chi connectivity index (χ0n) is 8.27. The quantitative estimate of drug-likeness (QED) is 0.815. The third-order valence-electron chi connectivity index (χ3n) is 2.27. The number of hydrogen-bond donors (Lipinski definition) is 1. The van der Waals surface area contributed by atoms with Crippen LogP contribution in [0.2, 0.25) is 5.15 Å². The molecule has 2 aromatic rings. The summed E-state index contributed by atoms with van der Waals surface area (Å²) in [7, 11) is 0. The van der Waals surface area contributed by atoms with Crippen LogP contribution in [-0.2, 0) is 0 Å². The second-order valence-electron chi connectivity index (χ2n) is 3.34. The summed E-state index contributed by atoms with van der Waals surface area (Å²) in [6.07, 6.45) is 0.448. The monoisotopic (exact) mass is 237 g/mol. The van der Waals surface area contributed by atoms with E-state index in [-0.39, 0.29) is 10.7 Å². The van der Waals surface area contributed by atoms with Gasteiger partial charge in [0.25, 0.3) is 0 Å². The minimum Gasteiger partial charge on any atom is -0.384 e. The molecule has 82 valence electrons. The molecule has 4 heteroatoms. The van der Waals surface area contributed by atoms with Gasteiger partial charge in [0, 0.05) is 11.8 Å². The van der Waals surface area contributed by atoms with Crippen LogP contribution >= 0.6 is 11.6 Å². The van der Waals surface area contributed by atoms with Gasteiger partial charge in [-0.25, -0.2) is 9.37 Å². The van der Waals surface area contributed by atoms with E-state index in [1.54, 1.807) is 18.2 Å². The molecule has 1 aromatic carbocycles. The van der Waals surface area contributed by atoms with Crippen LogP contribution in [0.15, 0.2) is 42.6 Å². The first-order valence-electron chi connectivity index (χ1n) is 4.72. The van der Waals surface area contributed by atoms with Gasteiger partial charge < -0.3 is 5.11 Å². The fraction of sp³-hybridized carbons (Fsp3) is 0.0833. The lowest BCUT2D eigenvalue weighted by Gasteiger charge is -2.12. The van der Waals surface area contributed by atoms with Gasteiger partial charge in [0.05, 0.1) is 0 Å². The van der Waals surface area contributed by atoms with Crippen LogP contribution in [0.3, 0.4) is 0 Å². The molecule has 2 rings (SSSR count). The van der Waals surface area contributed by atoms with Gasteiger partial charge in [-0.3, -0.25) is 0 Å². The van der Waals surface area contributed by atoms with Crippen molar-refractivity contribution in [1.29, 1.82) is 0 Å². The standard InChI is InChI=1S/C12H9ClFNO/c13-11-7-8(5-6-15-11)12(16)9-3-1-2-4-10(9)14/h1-7,12,16H. The molecule has 16 heavy (non-hydrogen) atoms. The number of benzene rings is 1. The van der Waals surface area contributed by atoms with E-state index in [0.717, 1.165) is 0 Å². The second-order valence-corrected chi connectivity index (χ2v) is 3.72. The maximum atomic E-state index is 13.4. The number of aliphatic hydroxyl groups is 1. The van der Waals surface area contributed by atoms with Crippen molar-refractivity contribution in [1.82, 2.24) is 4.98 Å². The molecule has 0 saturated carbocycles. The average molecular weight is 238 g/mol. The molecular formula is C12H9ClFNO. The van der Waals surface area contributed by atoms with Crippen molar-refractivity contribution in [3.63, 3.8) is 0 Å². The van der Waals surface area contributed by atoms with E-state index in [1.165, 1.54) is 24.4 Å². The van der Waals surface area contributed by atoms with Crippen molar-refractivity contribution in [2.24, 2.45) is 0 Å². The highest BCUT2D eigenvalue weighted by molar-refractivity contribution is 6.29. The molecule has 1 heterocycles. The molecule has 1 N–H and O–H groups in total. The molecule has 0 aliphatic carbocycles. The number of nitrogens with zero attached hydrogens (tertiary/aromatic N) is 1. The Bertz CT molecular complexity index is 504. The van der Waals surface area contributed by atoms with Crippen molar-refractivity contribution < 1.29 is 9.50 Å². The maximum absolute atomic E-state index is 13.4. The van der Waals surface area contributed by atoms with Gasteiger partial charge >= 0.3 is 0 Å². The number of pyridine rings is 1. The summed E-state index contributed by atoms with van der Waals surface area (Å²) >= 11 is 5.70. The molecule has 0 spiro atoms. The Morgan fingerprint density at radius 3 is 2.69 bits per heavy atom. The Balaban J connectivity index is 2.39. The number of halogens is 2. The summed E-state index contributed by atoms with van der Waals surface area (Å²) in [6, 6.07) is 9.20. The summed E-state index contributed by atoms with van der Waals surface area (Å²) in [5.74, 6) is -0.442. The fourth-order valence-electron chi connectivity index (χ4n) is 1.46. The molecule has 0 aliphatic rings. The zero-order chi connectivity index (χ0) is 11.5. The van der Waals surface area contributed by atoms with Crippen molar-refractivity contribution in [3.05, 3.63) is 64.7 Å². The fourth-order valence-corrected chi connectivity index (χ4v) is 1.65. The van der Waals surface area contributed by atoms with Gasteiger partial charge in [-0.05, 0) is 23.8 Å². The lowest BCUT2D eigenvalue weighted by molar-refractivity contribution is 0.215. The molecule has 1 unspecified atom stereocenters. The molecule has 0 aliphatic heterocycles. The highest BCUT2D eigenvalue weighted by Crippen LogP contribution is 2.24. The van der Waals surface area contributed by atoms with Crippen LogP contribution in [0, 0.1) is 5.82 Å². The van der Waals surface area contributed by atoms with E-state index in [4.69, 9.17) is 11.6 Å². The summed E-state index contributed by atoms with van der Waals surface area (Å²) in [6.45, 7) is 0. The van der Waals surface area contributed by atoms with Crippen molar-refractivity contribution in [2.75, 3.05) is 0 Å². The molecule has 2 nitrogen and oxygen atoms in total. The number of rotatable bonds is 2. The van der Waals surface area contributed by atoms with E-state index in [0.29, 0.717) is 5.56 Å². The van der Waals surface area contributed by atoms with Crippen LogP contribution in [0.25, 0.3) is 0 Å². The Morgan fingerprint density at radius 2 is 2.00 bits per heavy atom. The molecule has 0 amide bonds. The minimum absolute atomic E-state index is 0.227. The topological polar surface area (TPSA) is 33.1 Å². The van der Waals surface area contributed by atoms with Crippen LogP contribution < -0.4 is 0 Å². The SMILES string of the molecule is OC(c1ccnc(Cl)c1)c1ccccc1F. The lowest BCUT2D eigenvalue weighted by Crippen LogP contribution is -2.02. The first kappa shape index (κ1) is 11.0. The van der Waals surface area contributed by atoms with E-state index in [1.807, 2.05) is 0 Å². The molecular weight excluding hydrogens is 229 g/mol. The largest absolute Gasteiger partial charge is 0.384 e. The molecule has 0 bridgehead atoms. The Hall–Kier alpha value is -1.45. The van der Waals surface area contributed by atoms with Crippen LogP contribution in [0.1, 0.15) is 17.2 Å². The molecule has 1 atom stereocenters. The molecule has 0 radical (unpaired) electrons. The normalized spacial score (nSPS) is 12.4. The van der Waals surface area contributed by atoms with Crippen molar-refractivity contribution >= 4 is 11.6 Å². The van der Waals surface area contributed by atoms with Crippen molar-refractivity contribution in [3.8, 4) is 0 Å². The second kappa shape index (κ2) is 4.60. The van der Waals surface area contributed by atoms with Crippen molar-refractivity contribution in [2.45, 2.75) is 6.10 Å². The van der Waals surface area contributed by atoms with Crippen LogP contribution in [0.4, 0.5) is 4.39 Å². The Kier molecular flexibility index (Phi) is 3.17. The maximum Gasteiger partial charge on any atom is 0.129 e. The van der Waals surface area contributed by atoms with E-state index >= 15 is 0 Å². The first-order valence-corrected chi connectivity index (χ1v) is 5.10. The number of aromatic nitrogens is 1. The van der Waals surface area contributed by atoms with Gasteiger partial charge in [0.1, 0.15) is 17.1 Å². The van der Waals surface area contributed by atoms with Gasteiger partial charge in [-0.2, -0.15) is 0 Å². The first-order chi connectivity index (χ1) is 7.68. The lowest BCUT2D eigenvalue weighted by atomic mass is 10.0. The molecule has 0 fully saturated rings. The Morgan fingerprint density at radius 1 is 1.25 bits per heavy atom. The number of aliphatic hydroxyl groups excluding tert-OH is 1. The minimum atomic E-state index is -1.03. The summed E-state index contributed by atoms with van der Waals surface area (Å²) in [5.41, 5.74) is 0.745. The van der Waals surface area contributed by atoms with E-state index in [2.05, 4.69) is 4.98 Å². The number of hydrogen-bond acceptors (Lipinski definition) is 2. The predicted molar refractivity (Wildman–Crippen MR) is 59.7 cm³/mol. The van der Waals surface area contributed by atoms with E-state index < -0.39 is 11.9 Å². The molecule has 0 saturated heterocycles. The highest BCUT2D eigenvalue weighted by Gasteiger charge is 2.14. The smallest absolute Gasteiger partial charge is 0.129 e. The highest BCUT2D eigenvalue weighted by atomic mass is 35.5. The van der Waals surface area contributed by atoms with Crippen LogP contribution in [0.5, 0.6) is 0 Å². The summed E-state index contributed by atoms with van der Waals surface area (Å²) < 4.78 is 13.4. The van der Waals surface area contributed by atoms with Gasteiger partial charge in [0.2, 0.25) is 0 Å².